The van der Waals surface area contributed by atoms with Crippen LogP contribution >= 0.6 is 11.8 Å². The Bertz CT molecular complexity index is 139. The molecule has 3 heteroatoms. The molecular weight excluding hydrogens is 146 g/mol. The van der Waals surface area contributed by atoms with Crippen LogP contribution in [0.1, 0.15) is 6.42 Å². The van der Waals surface area contributed by atoms with Gasteiger partial charge in [0.2, 0.25) is 5.91 Å². The van der Waals surface area contributed by atoms with Gasteiger partial charge in [-0.25, -0.2) is 0 Å². The average molecular weight is 157 g/mol. The highest BCUT2D eigenvalue weighted by molar-refractivity contribution is 7.98. The third-order valence-electron chi connectivity index (χ3n) is 0.921. The summed E-state index contributed by atoms with van der Waals surface area (Å²) in [4.78, 5) is 10.7. The summed E-state index contributed by atoms with van der Waals surface area (Å²) in [5.41, 5.74) is 0. The number of hydrogen-bond acceptors (Lipinski definition) is 2. The van der Waals surface area contributed by atoms with Crippen molar-refractivity contribution >= 4 is 17.7 Å². The Kier molecular flexibility index (Phi) is 6.10. The zero-order valence-corrected chi connectivity index (χ0v) is 6.83. The quantitative estimate of drug-likeness (QED) is 0.602. The summed E-state index contributed by atoms with van der Waals surface area (Å²) in [5, 5.41) is 2.58. The number of rotatable bonds is 4. The van der Waals surface area contributed by atoms with Crippen molar-refractivity contribution in [1.29, 1.82) is 0 Å². The van der Waals surface area contributed by atoms with Crippen LogP contribution in [0.25, 0.3) is 0 Å². The molecule has 0 aliphatic rings. The van der Waals surface area contributed by atoms with Gasteiger partial charge in [0, 0.05) is 12.2 Å². The van der Waals surface area contributed by atoms with E-state index in [9.17, 15) is 4.79 Å². The van der Waals surface area contributed by atoms with Crippen molar-refractivity contribution in [3.05, 3.63) is 0 Å². The molecule has 0 aromatic heterocycles. The first-order valence-electron chi connectivity index (χ1n) is 3.00. The Morgan fingerprint density at radius 2 is 2.50 bits per heavy atom. The fourth-order valence-electron chi connectivity index (χ4n) is 0.433. The topological polar surface area (TPSA) is 29.1 Å². The van der Waals surface area contributed by atoms with Crippen LogP contribution in [0.2, 0.25) is 0 Å². The molecule has 0 rings (SSSR count). The summed E-state index contributed by atoms with van der Waals surface area (Å²) < 4.78 is 0. The maximum absolute atomic E-state index is 10.7. The molecule has 0 aliphatic carbocycles. The van der Waals surface area contributed by atoms with Crippen molar-refractivity contribution in [2.24, 2.45) is 0 Å². The summed E-state index contributed by atoms with van der Waals surface area (Å²) in [6.07, 6.45) is 7.46. The molecule has 0 radical (unpaired) electrons. The predicted molar refractivity (Wildman–Crippen MR) is 44.8 cm³/mol. The lowest BCUT2D eigenvalue weighted by atomic mass is 10.4. The second kappa shape index (κ2) is 6.50. The van der Waals surface area contributed by atoms with Crippen LogP contribution in [0.4, 0.5) is 0 Å². The van der Waals surface area contributed by atoms with Crippen LogP contribution in [0.15, 0.2) is 0 Å². The van der Waals surface area contributed by atoms with Gasteiger partial charge in [0.25, 0.3) is 0 Å². The third-order valence-corrected chi connectivity index (χ3v) is 1.53. The number of terminal acetylenes is 1. The van der Waals surface area contributed by atoms with Crippen molar-refractivity contribution in [3.63, 3.8) is 0 Å². The zero-order chi connectivity index (χ0) is 7.82. The molecule has 2 nitrogen and oxygen atoms in total. The molecular formula is C7H11NOS. The fourth-order valence-corrected chi connectivity index (χ4v) is 0.822. The average Bonchev–Trinajstić information content (AvgIpc) is 1.97. The van der Waals surface area contributed by atoms with E-state index in [0.717, 1.165) is 5.75 Å². The first-order chi connectivity index (χ1) is 4.81. The molecule has 0 saturated carbocycles. The number of nitrogens with one attached hydrogen (secondary N) is 1. The van der Waals surface area contributed by atoms with Gasteiger partial charge in [0.05, 0.1) is 6.54 Å². The number of carbonyl (C=O) groups excluding carboxylic acids is 1. The zero-order valence-electron chi connectivity index (χ0n) is 6.02. The Morgan fingerprint density at radius 1 is 1.80 bits per heavy atom. The van der Waals surface area contributed by atoms with E-state index in [4.69, 9.17) is 6.42 Å². The summed E-state index contributed by atoms with van der Waals surface area (Å²) in [7, 11) is 0. The molecule has 0 aliphatic heterocycles. The Morgan fingerprint density at radius 3 is 3.00 bits per heavy atom. The van der Waals surface area contributed by atoms with Gasteiger partial charge in [0.15, 0.2) is 0 Å². The van der Waals surface area contributed by atoms with Gasteiger partial charge in [-0.2, -0.15) is 11.8 Å². The minimum atomic E-state index is 0.0345. The first-order valence-corrected chi connectivity index (χ1v) is 4.39. The van der Waals surface area contributed by atoms with Crippen molar-refractivity contribution in [2.45, 2.75) is 6.42 Å². The third kappa shape index (κ3) is 5.52. The molecule has 0 fully saturated rings. The van der Waals surface area contributed by atoms with E-state index in [1.807, 2.05) is 6.26 Å². The first kappa shape index (κ1) is 9.38. The van der Waals surface area contributed by atoms with E-state index in [2.05, 4.69) is 11.2 Å². The molecule has 0 aromatic rings. The van der Waals surface area contributed by atoms with Crippen molar-refractivity contribution in [1.82, 2.24) is 5.32 Å². The normalized spacial score (nSPS) is 8.40. The highest BCUT2D eigenvalue weighted by Crippen LogP contribution is 1.93. The van der Waals surface area contributed by atoms with Crippen molar-refractivity contribution in [3.8, 4) is 12.3 Å². The predicted octanol–water partition coefficient (Wildman–Crippen LogP) is 0.489. The molecule has 56 valence electrons. The monoisotopic (exact) mass is 157 g/mol. The van der Waals surface area contributed by atoms with Gasteiger partial charge in [0.1, 0.15) is 0 Å². The molecule has 0 unspecified atom stereocenters. The number of amides is 1. The van der Waals surface area contributed by atoms with Gasteiger partial charge in [-0.3, -0.25) is 4.79 Å². The SMILES string of the molecule is C#CCNC(=O)CCSC. The van der Waals surface area contributed by atoms with E-state index < -0.39 is 0 Å². The molecule has 1 N–H and O–H groups in total. The smallest absolute Gasteiger partial charge is 0.221 e. The Labute approximate surface area is 65.8 Å². The highest BCUT2D eigenvalue weighted by atomic mass is 32.2. The van der Waals surface area contributed by atoms with Crippen LogP contribution < -0.4 is 5.32 Å². The number of hydrogen-bond donors (Lipinski definition) is 1. The highest BCUT2D eigenvalue weighted by Gasteiger charge is 1.96. The summed E-state index contributed by atoms with van der Waals surface area (Å²) in [6, 6.07) is 0. The molecule has 1 amide bonds. The van der Waals surface area contributed by atoms with Crippen molar-refractivity contribution in [2.75, 3.05) is 18.6 Å². The summed E-state index contributed by atoms with van der Waals surface area (Å²) in [6.45, 7) is 0.340. The lowest BCUT2D eigenvalue weighted by molar-refractivity contribution is -0.120. The molecule has 0 saturated heterocycles. The van der Waals surface area contributed by atoms with Gasteiger partial charge < -0.3 is 5.32 Å². The van der Waals surface area contributed by atoms with Gasteiger partial charge in [-0.1, -0.05) is 5.92 Å². The van der Waals surface area contributed by atoms with Crippen LogP contribution in [-0.2, 0) is 4.79 Å². The van der Waals surface area contributed by atoms with Crippen LogP contribution in [0.5, 0.6) is 0 Å². The standard InChI is InChI=1S/C7H11NOS/c1-3-5-8-7(9)4-6-10-2/h1H,4-6H2,2H3,(H,8,9). The molecule has 0 heterocycles. The number of carbonyl (C=O) groups is 1. The summed E-state index contributed by atoms with van der Waals surface area (Å²) in [5.74, 6) is 3.23. The van der Waals surface area contributed by atoms with Crippen molar-refractivity contribution < 1.29 is 4.79 Å². The second-order valence-corrected chi connectivity index (χ2v) is 2.71. The Balaban J connectivity index is 3.19. The van der Waals surface area contributed by atoms with Gasteiger partial charge >= 0.3 is 0 Å². The van der Waals surface area contributed by atoms with E-state index in [1.165, 1.54) is 0 Å². The fraction of sp³-hybridized carbons (Fsp3) is 0.571. The number of thioether (sulfide) groups is 1. The lowest BCUT2D eigenvalue weighted by Crippen LogP contribution is -2.23. The van der Waals surface area contributed by atoms with E-state index in [1.54, 1.807) is 11.8 Å². The summed E-state index contributed by atoms with van der Waals surface area (Å²) >= 11 is 1.65. The van der Waals surface area contributed by atoms with E-state index >= 15 is 0 Å². The second-order valence-electron chi connectivity index (χ2n) is 1.72. The molecule has 0 bridgehead atoms. The molecule has 0 atom stereocenters. The maximum Gasteiger partial charge on any atom is 0.221 e. The van der Waals surface area contributed by atoms with Crippen LogP contribution in [0, 0.1) is 12.3 Å². The minimum Gasteiger partial charge on any atom is -0.345 e. The molecule has 10 heavy (non-hydrogen) atoms. The largest absolute Gasteiger partial charge is 0.345 e. The van der Waals surface area contributed by atoms with Gasteiger partial charge in [-0.15, -0.1) is 6.42 Å². The van der Waals surface area contributed by atoms with E-state index in [-0.39, 0.29) is 5.91 Å². The van der Waals surface area contributed by atoms with E-state index in [0.29, 0.717) is 13.0 Å². The minimum absolute atomic E-state index is 0.0345. The molecule has 0 spiro atoms. The molecule has 0 aromatic carbocycles. The maximum atomic E-state index is 10.7. The Hall–Kier alpha value is -0.620. The van der Waals surface area contributed by atoms with Gasteiger partial charge in [-0.05, 0) is 6.26 Å². The lowest BCUT2D eigenvalue weighted by Gasteiger charge is -1.97. The van der Waals surface area contributed by atoms with Crippen LogP contribution in [-0.4, -0.2) is 24.5 Å². The van der Waals surface area contributed by atoms with Crippen LogP contribution in [0.3, 0.4) is 0 Å².